The molecule has 1 fully saturated rings. The standard InChI is InChI=1S/C7H10O5S/c1-13(8,9)12-6-4-11-5-2-3-10-7(5)6/h2-3,5-7H,4H2,1H3/t5-,6+,7+/m1/s1. The summed E-state index contributed by atoms with van der Waals surface area (Å²) in [6, 6.07) is 0. The van der Waals surface area contributed by atoms with Gasteiger partial charge in [0.1, 0.15) is 12.2 Å². The Morgan fingerprint density at radius 3 is 3.00 bits per heavy atom. The Hall–Kier alpha value is -0.590. The van der Waals surface area contributed by atoms with E-state index in [2.05, 4.69) is 0 Å². The summed E-state index contributed by atoms with van der Waals surface area (Å²) in [7, 11) is -3.43. The van der Waals surface area contributed by atoms with Crippen LogP contribution in [0.2, 0.25) is 0 Å². The van der Waals surface area contributed by atoms with Crippen molar-refractivity contribution < 1.29 is 22.1 Å². The van der Waals surface area contributed by atoms with E-state index in [1.807, 2.05) is 0 Å². The van der Waals surface area contributed by atoms with Crippen molar-refractivity contribution in [2.24, 2.45) is 0 Å². The van der Waals surface area contributed by atoms with Gasteiger partial charge in [-0.05, 0) is 6.08 Å². The molecule has 2 rings (SSSR count). The fraction of sp³-hybridized carbons (Fsp3) is 0.714. The Morgan fingerprint density at radius 2 is 2.31 bits per heavy atom. The maximum absolute atomic E-state index is 10.8. The van der Waals surface area contributed by atoms with Gasteiger partial charge in [0.2, 0.25) is 0 Å². The summed E-state index contributed by atoms with van der Waals surface area (Å²) in [5.74, 6) is 0. The van der Waals surface area contributed by atoms with Gasteiger partial charge >= 0.3 is 0 Å². The van der Waals surface area contributed by atoms with E-state index in [1.165, 1.54) is 6.26 Å². The van der Waals surface area contributed by atoms with E-state index < -0.39 is 16.2 Å². The zero-order valence-corrected chi connectivity index (χ0v) is 7.86. The minimum absolute atomic E-state index is 0.160. The monoisotopic (exact) mass is 206 g/mol. The van der Waals surface area contributed by atoms with E-state index in [4.69, 9.17) is 13.7 Å². The van der Waals surface area contributed by atoms with E-state index in [-0.39, 0.29) is 18.8 Å². The van der Waals surface area contributed by atoms with Crippen molar-refractivity contribution in [3.63, 3.8) is 0 Å². The van der Waals surface area contributed by atoms with Crippen LogP contribution in [-0.4, -0.2) is 39.6 Å². The lowest BCUT2D eigenvalue weighted by Crippen LogP contribution is -2.31. The van der Waals surface area contributed by atoms with Crippen LogP contribution < -0.4 is 0 Å². The topological polar surface area (TPSA) is 61.8 Å². The Balaban J connectivity index is 2.03. The molecule has 0 spiro atoms. The zero-order valence-electron chi connectivity index (χ0n) is 7.04. The third-order valence-electron chi connectivity index (χ3n) is 1.95. The molecule has 0 aliphatic carbocycles. The van der Waals surface area contributed by atoms with Gasteiger partial charge < -0.3 is 9.47 Å². The van der Waals surface area contributed by atoms with Crippen LogP contribution in [0.4, 0.5) is 0 Å². The van der Waals surface area contributed by atoms with Gasteiger partial charge in [-0.1, -0.05) is 0 Å². The van der Waals surface area contributed by atoms with Crippen molar-refractivity contribution in [1.82, 2.24) is 0 Å². The minimum atomic E-state index is -3.43. The van der Waals surface area contributed by atoms with Gasteiger partial charge in [0.05, 0.1) is 19.1 Å². The molecule has 0 aromatic carbocycles. The van der Waals surface area contributed by atoms with Crippen molar-refractivity contribution in [3.8, 4) is 0 Å². The molecule has 0 saturated carbocycles. The Labute approximate surface area is 76.4 Å². The molecule has 0 radical (unpaired) electrons. The van der Waals surface area contributed by atoms with Crippen LogP contribution in [0.15, 0.2) is 12.3 Å². The third-order valence-corrected chi connectivity index (χ3v) is 2.54. The van der Waals surface area contributed by atoms with Crippen LogP contribution >= 0.6 is 0 Å². The highest BCUT2D eigenvalue weighted by Crippen LogP contribution is 2.26. The van der Waals surface area contributed by atoms with Crippen molar-refractivity contribution in [2.45, 2.75) is 18.3 Å². The van der Waals surface area contributed by atoms with E-state index in [0.717, 1.165) is 6.26 Å². The number of fused-ring (bicyclic) bond motifs is 1. The summed E-state index contributed by atoms with van der Waals surface area (Å²) in [5.41, 5.74) is 0. The lowest BCUT2D eigenvalue weighted by atomic mass is 10.2. The SMILES string of the molecule is CS(=O)(=O)O[C@H]1CO[C@@H]2C=CO[C@H]12. The second-order valence-electron chi connectivity index (χ2n) is 3.07. The molecule has 0 bridgehead atoms. The molecule has 5 nitrogen and oxygen atoms in total. The summed E-state index contributed by atoms with van der Waals surface area (Å²) < 4.78 is 36.8. The first kappa shape index (κ1) is 8.98. The maximum Gasteiger partial charge on any atom is 0.264 e. The van der Waals surface area contributed by atoms with Gasteiger partial charge in [0.25, 0.3) is 10.1 Å². The van der Waals surface area contributed by atoms with Crippen LogP contribution in [0.1, 0.15) is 0 Å². The fourth-order valence-corrected chi connectivity index (χ4v) is 2.07. The van der Waals surface area contributed by atoms with E-state index in [1.54, 1.807) is 6.08 Å². The maximum atomic E-state index is 10.8. The molecule has 74 valence electrons. The fourth-order valence-electron chi connectivity index (χ4n) is 1.46. The Morgan fingerprint density at radius 1 is 1.54 bits per heavy atom. The molecule has 1 saturated heterocycles. The third kappa shape index (κ3) is 1.84. The first-order chi connectivity index (χ1) is 6.06. The number of ether oxygens (including phenoxy) is 2. The summed E-state index contributed by atoms with van der Waals surface area (Å²) >= 11 is 0. The van der Waals surface area contributed by atoms with Crippen LogP contribution in [0.3, 0.4) is 0 Å². The van der Waals surface area contributed by atoms with Gasteiger partial charge in [0.15, 0.2) is 6.10 Å². The molecular formula is C7H10O5S. The molecule has 0 amide bonds. The summed E-state index contributed by atoms with van der Waals surface area (Å²) in [6.07, 6.45) is 3.28. The smallest absolute Gasteiger partial charge is 0.264 e. The Kier molecular flexibility index (Phi) is 2.05. The highest BCUT2D eigenvalue weighted by Gasteiger charge is 2.42. The molecule has 3 atom stereocenters. The van der Waals surface area contributed by atoms with Crippen LogP contribution in [0.25, 0.3) is 0 Å². The number of hydrogen-bond acceptors (Lipinski definition) is 5. The average molecular weight is 206 g/mol. The zero-order chi connectivity index (χ0) is 9.47. The molecular weight excluding hydrogens is 196 g/mol. The second-order valence-corrected chi connectivity index (χ2v) is 4.67. The molecule has 13 heavy (non-hydrogen) atoms. The van der Waals surface area contributed by atoms with Crippen molar-refractivity contribution in [3.05, 3.63) is 12.3 Å². The van der Waals surface area contributed by atoms with Crippen molar-refractivity contribution >= 4 is 10.1 Å². The second kappa shape index (κ2) is 2.97. The van der Waals surface area contributed by atoms with E-state index in [0.29, 0.717) is 0 Å². The molecule has 0 aromatic rings. The van der Waals surface area contributed by atoms with Crippen LogP contribution in [-0.2, 0) is 23.8 Å². The molecule has 6 heteroatoms. The molecule has 2 aliphatic rings. The normalized spacial score (nSPS) is 37.5. The number of rotatable bonds is 2. The van der Waals surface area contributed by atoms with Gasteiger partial charge in [-0.3, -0.25) is 4.18 Å². The average Bonchev–Trinajstić information content (AvgIpc) is 2.50. The summed E-state index contributed by atoms with van der Waals surface area (Å²) in [4.78, 5) is 0. The summed E-state index contributed by atoms with van der Waals surface area (Å²) in [6.45, 7) is 0.257. The first-order valence-electron chi connectivity index (χ1n) is 3.88. The lowest BCUT2D eigenvalue weighted by Gasteiger charge is -2.14. The molecule has 0 N–H and O–H groups in total. The highest BCUT2D eigenvalue weighted by molar-refractivity contribution is 7.86. The molecule has 0 unspecified atom stereocenters. The predicted octanol–water partition coefficient (Wildman–Crippen LogP) is -0.358. The van der Waals surface area contributed by atoms with E-state index >= 15 is 0 Å². The molecule has 2 aliphatic heterocycles. The summed E-state index contributed by atoms with van der Waals surface area (Å²) in [5, 5.41) is 0. The van der Waals surface area contributed by atoms with Crippen molar-refractivity contribution in [2.75, 3.05) is 12.9 Å². The van der Waals surface area contributed by atoms with Gasteiger partial charge in [-0.2, -0.15) is 8.42 Å². The highest BCUT2D eigenvalue weighted by atomic mass is 32.2. The minimum Gasteiger partial charge on any atom is -0.492 e. The lowest BCUT2D eigenvalue weighted by molar-refractivity contribution is 0.0628. The van der Waals surface area contributed by atoms with Gasteiger partial charge in [0, 0.05) is 0 Å². The van der Waals surface area contributed by atoms with Crippen LogP contribution in [0.5, 0.6) is 0 Å². The molecule has 0 aromatic heterocycles. The van der Waals surface area contributed by atoms with Gasteiger partial charge in [-0.25, -0.2) is 0 Å². The predicted molar refractivity (Wildman–Crippen MR) is 43.5 cm³/mol. The first-order valence-corrected chi connectivity index (χ1v) is 5.70. The van der Waals surface area contributed by atoms with Crippen molar-refractivity contribution in [1.29, 1.82) is 0 Å². The largest absolute Gasteiger partial charge is 0.492 e. The Bertz CT molecular complexity index is 320. The number of hydrogen-bond donors (Lipinski definition) is 0. The van der Waals surface area contributed by atoms with Crippen LogP contribution in [0, 0.1) is 0 Å². The quantitative estimate of drug-likeness (QED) is 0.577. The molecule has 2 heterocycles. The van der Waals surface area contributed by atoms with E-state index in [9.17, 15) is 8.42 Å². The van der Waals surface area contributed by atoms with Gasteiger partial charge in [-0.15, -0.1) is 0 Å².